The maximum atomic E-state index is 12.2. The van der Waals surface area contributed by atoms with Gasteiger partial charge in [-0.05, 0) is 49.4 Å². The van der Waals surface area contributed by atoms with E-state index in [0.717, 1.165) is 16.9 Å². The molecule has 2 aromatic carbocycles. The van der Waals surface area contributed by atoms with Crippen molar-refractivity contribution in [1.29, 1.82) is 0 Å². The average Bonchev–Trinajstić information content (AvgIpc) is 2.57. The first-order chi connectivity index (χ1) is 11.0. The third kappa shape index (κ3) is 4.59. The Morgan fingerprint density at radius 3 is 2.43 bits per heavy atom. The molecule has 0 aliphatic heterocycles. The number of hydrogen-bond acceptors (Lipinski definition) is 2. The van der Waals surface area contributed by atoms with Gasteiger partial charge in [0.1, 0.15) is 5.75 Å². The molecule has 2 aromatic rings. The molecule has 0 spiro atoms. The minimum absolute atomic E-state index is 0.0892. The molecule has 0 saturated carbocycles. The van der Waals surface area contributed by atoms with E-state index in [1.165, 1.54) is 5.56 Å². The zero-order chi connectivity index (χ0) is 16.8. The van der Waals surface area contributed by atoms with Crippen molar-refractivity contribution >= 4 is 5.91 Å². The van der Waals surface area contributed by atoms with Crippen LogP contribution in [0.4, 0.5) is 0 Å². The van der Waals surface area contributed by atoms with Crippen molar-refractivity contribution in [3.8, 4) is 5.75 Å². The lowest BCUT2D eigenvalue weighted by molar-refractivity contribution is -0.127. The number of benzene rings is 2. The molecule has 0 bridgehead atoms. The highest BCUT2D eigenvalue weighted by atomic mass is 16.5. The van der Waals surface area contributed by atoms with Crippen LogP contribution in [-0.2, 0) is 4.79 Å². The number of carbonyl (C=O) groups is 1. The van der Waals surface area contributed by atoms with E-state index in [1.807, 2.05) is 50.2 Å². The van der Waals surface area contributed by atoms with Gasteiger partial charge in [0.25, 0.3) is 5.91 Å². The summed E-state index contributed by atoms with van der Waals surface area (Å²) in [6.45, 7) is 8.53. The van der Waals surface area contributed by atoms with Crippen LogP contribution in [0, 0.1) is 13.8 Å². The zero-order valence-corrected chi connectivity index (χ0v) is 14.3. The van der Waals surface area contributed by atoms with Crippen molar-refractivity contribution in [2.24, 2.45) is 0 Å². The molecule has 1 amide bonds. The highest BCUT2D eigenvalue weighted by Gasteiger charge is 2.17. The molecule has 23 heavy (non-hydrogen) atoms. The lowest BCUT2D eigenvalue weighted by Gasteiger charge is -2.19. The van der Waals surface area contributed by atoms with Crippen LogP contribution in [0.5, 0.6) is 5.75 Å². The molecule has 3 nitrogen and oxygen atoms in total. The van der Waals surface area contributed by atoms with E-state index in [1.54, 1.807) is 6.92 Å². The van der Waals surface area contributed by atoms with E-state index in [-0.39, 0.29) is 11.8 Å². The van der Waals surface area contributed by atoms with E-state index in [2.05, 4.69) is 24.4 Å². The van der Waals surface area contributed by atoms with Crippen LogP contribution in [0.25, 0.3) is 0 Å². The molecular formula is C20H25NO2. The summed E-state index contributed by atoms with van der Waals surface area (Å²) in [7, 11) is 0. The maximum absolute atomic E-state index is 12.2. The van der Waals surface area contributed by atoms with Gasteiger partial charge in [-0.2, -0.15) is 0 Å². The van der Waals surface area contributed by atoms with Crippen molar-refractivity contribution in [2.45, 2.75) is 39.7 Å². The van der Waals surface area contributed by atoms with Crippen LogP contribution < -0.4 is 10.1 Å². The normalized spacial score (nSPS) is 13.2. The Morgan fingerprint density at radius 2 is 1.74 bits per heavy atom. The summed E-state index contributed by atoms with van der Waals surface area (Å²) in [6, 6.07) is 16.1. The van der Waals surface area contributed by atoms with Gasteiger partial charge in [-0.1, -0.05) is 49.4 Å². The third-order valence-corrected chi connectivity index (χ3v) is 4.18. The first kappa shape index (κ1) is 17.1. The molecule has 0 heterocycles. The molecule has 0 fully saturated rings. The molecule has 0 aromatic heterocycles. The summed E-state index contributed by atoms with van der Waals surface area (Å²) < 4.78 is 5.81. The van der Waals surface area contributed by atoms with Gasteiger partial charge < -0.3 is 10.1 Å². The van der Waals surface area contributed by atoms with Crippen LogP contribution in [0.3, 0.4) is 0 Å². The summed E-state index contributed by atoms with van der Waals surface area (Å²) in [4.78, 5) is 12.2. The minimum Gasteiger partial charge on any atom is -0.481 e. The topological polar surface area (TPSA) is 38.3 Å². The highest BCUT2D eigenvalue weighted by Crippen LogP contribution is 2.21. The van der Waals surface area contributed by atoms with Crippen LogP contribution in [-0.4, -0.2) is 18.6 Å². The smallest absolute Gasteiger partial charge is 0.260 e. The van der Waals surface area contributed by atoms with Crippen LogP contribution in [0.15, 0.2) is 48.5 Å². The van der Waals surface area contributed by atoms with Crippen LogP contribution >= 0.6 is 0 Å². The molecular weight excluding hydrogens is 286 g/mol. The second kappa shape index (κ2) is 7.82. The minimum atomic E-state index is -0.515. The summed E-state index contributed by atoms with van der Waals surface area (Å²) in [6.07, 6.45) is -0.515. The van der Waals surface area contributed by atoms with Crippen molar-refractivity contribution < 1.29 is 9.53 Å². The Kier molecular flexibility index (Phi) is 5.80. The van der Waals surface area contributed by atoms with Crippen molar-refractivity contribution in [1.82, 2.24) is 5.32 Å². The van der Waals surface area contributed by atoms with Gasteiger partial charge in [0.2, 0.25) is 0 Å². The Labute approximate surface area is 138 Å². The van der Waals surface area contributed by atoms with E-state index >= 15 is 0 Å². The van der Waals surface area contributed by atoms with E-state index in [0.29, 0.717) is 6.54 Å². The molecule has 1 N–H and O–H groups in total. The predicted octanol–water partition coefficient (Wildman–Crippen LogP) is 3.99. The lowest BCUT2D eigenvalue weighted by Crippen LogP contribution is -2.38. The lowest BCUT2D eigenvalue weighted by atomic mass is 10.0. The fourth-order valence-corrected chi connectivity index (χ4v) is 2.39. The van der Waals surface area contributed by atoms with Crippen LogP contribution in [0.1, 0.15) is 36.5 Å². The maximum Gasteiger partial charge on any atom is 0.260 e. The average molecular weight is 311 g/mol. The molecule has 0 unspecified atom stereocenters. The largest absolute Gasteiger partial charge is 0.481 e. The van der Waals surface area contributed by atoms with Crippen molar-refractivity contribution in [3.05, 3.63) is 65.2 Å². The Morgan fingerprint density at radius 1 is 1.04 bits per heavy atom. The SMILES string of the molecule is Cc1cccc(O[C@@H](C)C(=O)NC[C@@H](C)c2ccccc2)c1C. The number of carbonyl (C=O) groups excluding carboxylic acids is 1. The number of ether oxygens (including phenoxy) is 1. The Bertz CT molecular complexity index is 652. The molecule has 122 valence electrons. The van der Waals surface area contributed by atoms with E-state index in [9.17, 15) is 4.79 Å². The molecule has 0 saturated heterocycles. The number of rotatable bonds is 6. The molecule has 0 aliphatic carbocycles. The molecule has 2 rings (SSSR count). The van der Waals surface area contributed by atoms with Crippen molar-refractivity contribution in [2.75, 3.05) is 6.54 Å². The monoisotopic (exact) mass is 311 g/mol. The van der Waals surface area contributed by atoms with E-state index < -0.39 is 6.10 Å². The molecule has 3 heteroatoms. The van der Waals surface area contributed by atoms with Gasteiger partial charge in [0, 0.05) is 6.54 Å². The van der Waals surface area contributed by atoms with Gasteiger partial charge in [0.15, 0.2) is 6.10 Å². The Hall–Kier alpha value is -2.29. The Balaban J connectivity index is 1.89. The van der Waals surface area contributed by atoms with Gasteiger partial charge in [0.05, 0.1) is 0 Å². The first-order valence-electron chi connectivity index (χ1n) is 8.04. The summed E-state index contributed by atoms with van der Waals surface area (Å²) in [5, 5.41) is 2.97. The fourth-order valence-electron chi connectivity index (χ4n) is 2.39. The van der Waals surface area contributed by atoms with Gasteiger partial charge in [-0.3, -0.25) is 4.79 Å². The predicted molar refractivity (Wildman–Crippen MR) is 93.9 cm³/mol. The standard InChI is InChI=1S/C20H25NO2/c1-14-9-8-12-19(16(14)3)23-17(4)20(22)21-13-15(2)18-10-6-5-7-11-18/h5-12,15,17H,13H2,1-4H3,(H,21,22)/t15-,17+/m1/s1. The first-order valence-corrected chi connectivity index (χ1v) is 8.04. The van der Waals surface area contributed by atoms with Gasteiger partial charge in [-0.15, -0.1) is 0 Å². The van der Waals surface area contributed by atoms with Crippen LogP contribution in [0.2, 0.25) is 0 Å². The zero-order valence-electron chi connectivity index (χ0n) is 14.3. The van der Waals surface area contributed by atoms with Gasteiger partial charge >= 0.3 is 0 Å². The quantitative estimate of drug-likeness (QED) is 0.876. The summed E-state index contributed by atoms with van der Waals surface area (Å²) in [5.74, 6) is 0.950. The molecule has 0 aliphatic rings. The second-order valence-corrected chi connectivity index (χ2v) is 6.02. The van der Waals surface area contributed by atoms with Gasteiger partial charge in [-0.25, -0.2) is 0 Å². The van der Waals surface area contributed by atoms with Crippen molar-refractivity contribution in [3.63, 3.8) is 0 Å². The molecule has 0 radical (unpaired) electrons. The molecule has 2 atom stereocenters. The van der Waals surface area contributed by atoms with E-state index in [4.69, 9.17) is 4.74 Å². The fraction of sp³-hybridized carbons (Fsp3) is 0.350. The number of nitrogens with one attached hydrogen (secondary N) is 1. The third-order valence-electron chi connectivity index (χ3n) is 4.18. The number of hydrogen-bond donors (Lipinski definition) is 1. The number of amides is 1. The number of aryl methyl sites for hydroxylation is 1. The summed E-state index contributed by atoms with van der Waals surface area (Å²) in [5.41, 5.74) is 3.45. The second-order valence-electron chi connectivity index (χ2n) is 6.02. The highest BCUT2D eigenvalue weighted by molar-refractivity contribution is 5.80. The summed E-state index contributed by atoms with van der Waals surface area (Å²) >= 11 is 0.